The lowest BCUT2D eigenvalue weighted by molar-refractivity contribution is 0.164. The summed E-state index contributed by atoms with van der Waals surface area (Å²) in [6, 6.07) is 3.76. The molecule has 114 valence electrons. The highest BCUT2D eigenvalue weighted by molar-refractivity contribution is 7.89. The van der Waals surface area contributed by atoms with E-state index in [0.29, 0.717) is 5.75 Å². The average molecular weight is 304 g/mol. The Hall–Kier alpha value is -1.35. The van der Waals surface area contributed by atoms with Crippen LogP contribution in [0, 0.1) is 0 Å². The molecule has 2 atom stereocenters. The second-order valence-electron chi connectivity index (χ2n) is 4.27. The number of aliphatic hydroxyl groups excluding tert-OH is 1. The summed E-state index contributed by atoms with van der Waals surface area (Å²) in [5.41, 5.74) is 5.60. The van der Waals surface area contributed by atoms with Gasteiger partial charge < -0.3 is 20.3 Å². The molecule has 8 heteroatoms. The normalized spacial score (nSPS) is 14.7. The summed E-state index contributed by atoms with van der Waals surface area (Å²) in [5.74, 6) is 0.593. The van der Waals surface area contributed by atoms with E-state index in [-0.39, 0.29) is 17.2 Å². The summed E-state index contributed by atoms with van der Waals surface area (Å²) in [7, 11) is -0.994. The molecule has 0 saturated carbocycles. The average Bonchev–Trinajstić information content (AvgIpc) is 2.43. The van der Waals surface area contributed by atoms with E-state index in [0.717, 1.165) is 0 Å². The number of nitrogens with two attached hydrogens (primary N) is 1. The van der Waals surface area contributed by atoms with Gasteiger partial charge in [-0.25, -0.2) is 13.1 Å². The van der Waals surface area contributed by atoms with Crippen molar-refractivity contribution in [1.82, 2.24) is 4.72 Å². The molecule has 1 rings (SSSR count). The van der Waals surface area contributed by atoms with Crippen LogP contribution in [0.15, 0.2) is 23.1 Å². The second kappa shape index (κ2) is 6.89. The molecule has 0 spiro atoms. The van der Waals surface area contributed by atoms with Crippen molar-refractivity contribution in [2.24, 2.45) is 5.73 Å². The molecule has 1 aromatic rings. The number of methoxy groups -OCH3 is 2. The Kier molecular flexibility index (Phi) is 5.75. The summed E-state index contributed by atoms with van der Waals surface area (Å²) in [5, 5.41) is 9.27. The molecule has 1 aromatic carbocycles. The van der Waals surface area contributed by atoms with Gasteiger partial charge in [0.05, 0.1) is 20.3 Å². The van der Waals surface area contributed by atoms with Crippen LogP contribution in [-0.2, 0) is 10.0 Å². The molecule has 0 saturated heterocycles. The molecule has 0 aromatic heterocycles. The van der Waals surface area contributed by atoms with Crippen LogP contribution < -0.4 is 19.9 Å². The van der Waals surface area contributed by atoms with E-state index in [1.807, 2.05) is 0 Å². The highest BCUT2D eigenvalue weighted by Gasteiger charge is 2.22. The molecule has 0 amide bonds. The zero-order chi connectivity index (χ0) is 15.3. The summed E-state index contributed by atoms with van der Waals surface area (Å²) < 4.78 is 36.8. The second-order valence-corrected chi connectivity index (χ2v) is 6.01. The van der Waals surface area contributed by atoms with Crippen molar-refractivity contribution in [3.8, 4) is 11.5 Å². The Bertz CT molecular complexity index is 545. The minimum absolute atomic E-state index is 0.0443. The first-order valence-electron chi connectivity index (χ1n) is 5.97. The molecule has 4 N–H and O–H groups in total. The molecule has 0 heterocycles. The molecule has 0 aliphatic rings. The third-order valence-electron chi connectivity index (χ3n) is 2.79. The van der Waals surface area contributed by atoms with Crippen molar-refractivity contribution >= 4 is 10.0 Å². The highest BCUT2D eigenvalue weighted by atomic mass is 32.2. The fourth-order valence-corrected chi connectivity index (χ4v) is 2.70. The molecule has 0 radical (unpaired) electrons. The summed E-state index contributed by atoms with van der Waals surface area (Å²) >= 11 is 0. The first kappa shape index (κ1) is 16.7. The van der Waals surface area contributed by atoms with Gasteiger partial charge in [0, 0.05) is 18.7 Å². The van der Waals surface area contributed by atoms with Crippen LogP contribution in [0.5, 0.6) is 11.5 Å². The van der Waals surface area contributed by atoms with Crippen molar-refractivity contribution in [2.45, 2.75) is 24.0 Å². The number of hydrogen-bond donors (Lipinski definition) is 3. The fraction of sp³-hybridized carbons (Fsp3) is 0.500. The lowest BCUT2D eigenvalue weighted by Gasteiger charge is -2.16. The molecule has 20 heavy (non-hydrogen) atoms. The number of aliphatic hydroxyl groups is 1. The SMILES string of the molecule is COc1ccc(OC)c(S(=O)(=O)NCC(N)C(C)O)c1. The van der Waals surface area contributed by atoms with Crippen LogP contribution in [0.1, 0.15) is 6.92 Å². The third kappa shape index (κ3) is 4.07. The summed E-state index contributed by atoms with van der Waals surface area (Å²) in [6.07, 6.45) is -0.815. The smallest absolute Gasteiger partial charge is 0.244 e. The zero-order valence-electron chi connectivity index (χ0n) is 11.7. The Labute approximate surface area is 118 Å². The van der Waals surface area contributed by atoms with Crippen molar-refractivity contribution in [3.05, 3.63) is 18.2 Å². The van der Waals surface area contributed by atoms with Crippen molar-refractivity contribution in [2.75, 3.05) is 20.8 Å². The van der Waals surface area contributed by atoms with Crippen LogP contribution in [-0.4, -0.2) is 46.4 Å². The number of rotatable bonds is 7. The minimum Gasteiger partial charge on any atom is -0.497 e. The van der Waals surface area contributed by atoms with Gasteiger partial charge in [0.25, 0.3) is 0 Å². The highest BCUT2D eigenvalue weighted by Crippen LogP contribution is 2.27. The molecule has 7 nitrogen and oxygen atoms in total. The first-order valence-corrected chi connectivity index (χ1v) is 7.45. The molecule has 0 aliphatic carbocycles. The first-order chi connectivity index (χ1) is 9.31. The maximum absolute atomic E-state index is 12.2. The van der Waals surface area contributed by atoms with E-state index < -0.39 is 22.2 Å². The number of benzene rings is 1. The van der Waals surface area contributed by atoms with Gasteiger partial charge in [0.2, 0.25) is 10.0 Å². The van der Waals surface area contributed by atoms with E-state index in [1.54, 1.807) is 6.07 Å². The van der Waals surface area contributed by atoms with Crippen molar-refractivity contribution in [1.29, 1.82) is 0 Å². The van der Waals surface area contributed by atoms with Gasteiger partial charge >= 0.3 is 0 Å². The summed E-state index contributed by atoms with van der Waals surface area (Å²) in [6.45, 7) is 1.41. The number of hydrogen-bond acceptors (Lipinski definition) is 6. The Morgan fingerprint density at radius 1 is 1.35 bits per heavy atom. The predicted molar refractivity (Wildman–Crippen MR) is 74.4 cm³/mol. The van der Waals surface area contributed by atoms with Gasteiger partial charge in [-0.3, -0.25) is 0 Å². The Balaban J connectivity index is 3.02. The lowest BCUT2D eigenvalue weighted by Crippen LogP contribution is -2.43. The number of nitrogens with one attached hydrogen (secondary N) is 1. The van der Waals surface area contributed by atoms with Gasteiger partial charge in [-0.1, -0.05) is 0 Å². The van der Waals surface area contributed by atoms with Gasteiger partial charge in [0.15, 0.2) is 0 Å². The molecule has 0 bridgehead atoms. The van der Waals surface area contributed by atoms with Crippen LogP contribution in [0.4, 0.5) is 0 Å². The van der Waals surface area contributed by atoms with E-state index in [2.05, 4.69) is 4.72 Å². The van der Waals surface area contributed by atoms with E-state index in [4.69, 9.17) is 15.2 Å². The van der Waals surface area contributed by atoms with Crippen LogP contribution in [0.3, 0.4) is 0 Å². The van der Waals surface area contributed by atoms with Crippen LogP contribution in [0.25, 0.3) is 0 Å². The molecule has 0 fully saturated rings. The molecule has 2 unspecified atom stereocenters. The third-order valence-corrected chi connectivity index (χ3v) is 4.23. The van der Waals surface area contributed by atoms with Crippen LogP contribution in [0.2, 0.25) is 0 Å². The van der Waals surface area contributed by atoms with E-state index in [1.165, 1.54) is 33.3 Å². The number of sulfonamides is 1. The van der Waals surface area contributed by atoms with Gasteiger partial charge in [-0.05, 0) is 19.1 Å². The molecular weight excluding hydrogens is 284 g/mol. The number of ether oxygens (including phenoxy) is 2. The van der Waals surface area contributed by atoms with Gasteiger partial charge in [-0.15, -0.1) is 0 Å². The Morgan fingerprint density at radius 2 is 2.00 bits per heavy atom. The topological polar surface area (TPSA) is 111 Å². The standard InChI is InChI=1S/C12H20N2O5S/c1-8(15)10(13)7-14-20(16,17)12-6-9(18-2)4-5-11(12)19-3/h4-6,8,10,14-15H,7,13H2,1-3H3. The monoisotopic (exact) mass is 304 g/mol. The van der Waals surface area contributed by atoms with E-state index in [9.17, 15) is 13.5 Å². The minimum atomic E-state index is -3.81. The lowest BCUT2D eigenvalue weighted by atomic mass is 10.2. The quantitative estimate of drug-likeness (QED) is 0.637. The van der Waals surface area contributed by atoms with Gasteiger partial charge in [-0.2, -0.15) is 0 Å². The maximum Gasteiger partial charge on any atom is 0.244 e. The molecular formula is C12H20N2O5S. The fourth-order valence-electron chi connectivity index (χ4n) is 1.45. The summed E-state index contributed by atoms with van der Waals surface area (Å²) in [4.78, 5) is -0.0443. The Morgan fingerprint density at radius 3 is 2.50 bits per heavy atom. The van der Waals surface area contributed by atoms with Gasteiger partial charge in [0.1, 0.15) is 16.4 Å². The predicted octanol–water partition coefficient (Wildman–Crippen LogP) is -0.310. The van der Waals surface area contributed by atoms with Crippen LogP contribution >= 0.6 is 0 Å². The zero-order valence-corrected chi connectivity index (χ0v) is 12.5. The largest absolute Gasteiger partial charge is 0.497 e. The van der Waals surface area contributed by atoms with E-state index >= 15 is 0 Å². The maximum atomic E-state index is 12.2. The molecule has 0 aliphatic heterocycles. The van der Waals surface area contributed by atoms with Crippen molar-refractivity contribution in [3.63, 3.8) is 0 Å². The van der Waals surface area contributed by atoms with Crippen molar-refractivity contribution < 1.29 is 23.0 Å².